The summed E-state index contributed by atoms with van der Waals surface area (Å²) in [5, 5.41) is 6.10. The van der Waals surface area contributed by atoms with Gasteiger partial charge in [0, 0.05) is 13.1 Å². The SMILES string of the molecule is CC(C)CNc1cnc(C(=O)NCCC2=CCCCC2)cn1. The van der Waals surface area contributed by atoms with Crippen molar-refractivity contribution in [1.29, 1.82) is 0 Å². The van der Waals surface area contributed by atoms with Crippen molar-refractivity contribution in [1.82, 2.24) is 15.3 Å². The topological polar surface area (TPSA) is 66.9 Å². The van der Waals surface area contributed by atoms with Gasteiger partial charge in [0.2, 0.25) is 0 Å². The molecule has 0 spiro atoms. The molecule has 0 bridgehead atoms. The van der Waals surface area contributed by atoms with Crippen LogP contribution in [0.5, 0.6) is 0 Å². The molecule has 0 fully saturated rings. The van der Waals surface area contributed by atoms with Gasteiger partial charge in [0.15, 0.2) is 0 Å². The Hall–Kier alpha value is -1.91. The van der Waals surface area contributed by atoms with Crippen LogP contribution in [0.15, 0.2) is 24.0 Å². The number of hydrogen-bond acceptors (Lipinski definition) is 4. The highest BCUT2D eigenvalue weighted by Crippen LogP contribution is 2.19. The monoisotopic (exact) mass is 302 g/mol. The summed E-state index contributed by atoms with van der Waals surface area (Å²) in [6.07, 6.45) is 11.3. The molecule has 120 valence electrons. The van der Waals surface area contributed by atoms with Gasteiger partial charge in [-0.2, -0.15) is 0 Å². The molecule has 0 aliphatic heterocycles. The number of rotatable bonds is 7. The molecule has 22 heavy (non-hydrogen) atoms. The predicted octanol–water partition coefficient (Wildman–Crippen LogP) is 3.16. The van der Waals surface area contributed by atoms with Gasteiger partial charge in [-0.25, -0.2) is 9.97 Å². The van der Waals surface area contributed by atoms with Crippen molar-refractivity contribution < 1.29 is 4.79 Å². The molecule has 5 heteroatoms. The third-order valence-corrected chi connectivity index (χ3v) is 3.69. The summed E-state index contributed by atoms with van der Waals surface area (Å²) in [6.45, 7) is 5.77. The van der Waals surface area contributed by atoms with E-state index in [1.807, 2.05) is 0 Å². The van der Waals surface area contributed by atoms with Crippen LogP contribution in [0.1, 0.15) is 56.4 Å². The molecule has 2 rings (SSSR count). The maximum atomic E-state index is 12.0. The van der Waals surface area contributed by atoms with E-state index >= 15 is 0 Å². The van der Waals surface area contributed by atoms with E-state index in [2.05, 4.69) is 40.5 Å². The minimum Gasteiger partial charge on any atom is -0.369 e. The second-order valence-electron chi connectivity index (χ2n) is 6.18. The summed E-state index contributed by atoms with van der Waals surface area (Å²) in [6, 6.07) is 0. The second-order valence-corrected chi connectivity index (χ2v) is 6.18. The Balaban J connectivity index is 1.75. The molecule has 1 aromatic heterocycles. The molecule has 2 N–H and O–H groups in total. The van der Waals surface area contributed by atoms with Crippen molar-refractivity contribution in [2.75, 3.05) is 18.4 Å². The van der Waals surface area contributed by atoms with Gasteiger partial charge in [0.1, 0.15) is 11.5 Å². The van der Waals surface area contributed by atoms with Crippen LogP contribution in [0.25, 0.3) is 0 Å². The molecule has 0 atom stereocenters. The number of carbonyl (C=O) groups is 1. The molecule has 0 aromatic carbocycles. The molecule has 0 radical (unpaired) electrons. The summed E-state index contributed by atoms with van der Waals surface area (Å²) in [5.74, 6) is 1.09. The van der Waals surface area contributed by atoms with Gasteiger partial charge >= 0.3 is 0 Å². The Bertz CT molecular complexity index is 508. The standard InChI is InChI=1S/C17H26N4O/c1-13(2)10-20-16-12-19-15(11-21-16)17(22)18-9-8-14-6-4-3-5-7-14/h6,11-13H,3-5,7-10H2,1-2H3,(H,18,22)(H,20,21). The van der Waals surface area contributed by atoms with Crippen molar-refractivity contribution in [3.05, 3.63) is 29.7 Å². The number of amides is 1. The van der Waals surface area contributed by atoms with E-state index in [9.17, 15) is 4.79 Å². The number of allylic oxidation sites excluding steroid dienone is 1. The van der Waals surface area contributed by atoms with Crippen LogP contribution in [0.2, 0.25) is 0 Å². The van der Waals surface area contributed by atoms with E-state index in [1.165, 1.54) is 37.5 Å². The lowest BCUT2D eigenvalue weighted by Gasteiger charge is -2.12. The zero-order chi connectivity index (χ0) is 15.8. The smallest absolute Gasteiger partial charge is 0.271 e. The highest BCUT2D eigenvalue weighted by atomic mass is 16.1. The molecule has 1 amide bonds. The first-order valence-corrected chi connectivity index (χ1v) is 8.17. The lowest BCUT2D eigenvalue weighted by Crippen LogP contribution is -2.26. The third-order valence-electron chi connectivity index (χ3n) is 3.69. The molecule has 1 aliphatic rings. The average Bonchev–Trinajstić information content (AvgIpc) is 2.54. The first-order valence-electron chi connectivity index (χ1n) is 8.17. The third kappa shape index (κ3) is 5.47. The molecule has 1 aromatic rings. The number of nitrogens with one attached hydrogen (secondary N) is 2. The van der Waals surface area contributed by atoms with Crippen molar-refractivity contribution in [2.45, 2.75) is 46.0 Å². The minimum atomic E-state index is -0.153. The number of anilines is 1. The van der Waals surface area contributed by atoms with Gasteiger partial charge in [0.25, 0.3) is 5.91 Å². The average molecular weight is 302 g/mol. The van der Waals surface area contributed by atoms with E-state index in [0.717, 1.165) is 13.0 Å². The fraction of sp³-hybridized carbons (Fsp3) is 0.588. The van der Waals surface area contributed by atoms with E-state index in [0.29, 0.717) is 24.0 Å². The second kappa shape index (κ2) is 8.51. The van der Waals surface area contributed by atoms with Gasteiger partial charge < -0.3 is 10.6 Å². The lowest BCUT2D eigenvalue weighted by molar-refractivity contribution is 0.0948. The van der Waals surface area contributed by atoms with Crippen LogP contribution < -0.4 is 10.6 Å². The lowest BCUT2D eigenvalue weighted by atomic mass is 9.97. The summed E-state index contributed by atoms with van der Waals surface area (Å²) in [4.78, 5) is 20.4. The molecule has 5 nitrogen and oxygen atoms in total. The zero-order valence-electron chi connectivity index (χ0n) is 13.6. The number of aromatic nitrogens is 2. The van der Waals surface area contributed by atoms with Crippen LogP contribution in [0.3, 0.4) is 0 Å². The molecular formula is C17H26N4O. The highest BCUT2D eigenvalue weighted by molar-refractivity contribution is 5.91. The normalized spacial score (nSPS) is 14.6. The van der Waals surface area contributed by atoms with Gasteiger partial charge in [0.05, 0.1) is 12.4 Å². The van der Waals surface area contributed by atoms with Crippen molar-refractivity contribution in [2.24, 2.45) is 5.92 Å². The van der Waals surface area contributed by atoms with Gasteiger partial charge in [-0.15, -0.1) is 0 Å². The molecule has 1 aliphatic carbocycles. The first-order chi connectivity index (χ1) is 10.6. The van der Waals surface area contributed by atoms with E-state index in [1.54, 1.807) is 6.20 Å². The van der Waals surface area contributed by atoms with Crippen LogP contribution in [0, 0.1) is 5.92 Å². The minimum absolute atomic E-state index is 0.153. The summed E-state index contributed by atoms with van der Waals surface area (Å²) >= 11 is 0. The Morgan fingerprint density at radius 2 is 2.14 bits per heavy atom. The largest absolute Gasteiger partial charge is 0.369 e. The Kier molecular flexibility index (Phi) is 6.37. The fourth-order valence-corrected chi connectivity index (χ4v) is 2.40. The first kappa shape index (κ1) is 16.5. The fourth-order valence-electron chi connectivity index (χ4n) is 2.40. The van der Waals surface area contributed by atoms with Crippen LogP contribution >= 0.6 is 0 Å². The predicted molar refractivity (Wildman–Crippen MR) is 88.9 cm³/mol. The highest BCUT2D eigenvalue weighted by Gasteiger charge is 2.09. The maximum absolute atomic E-state index is 12.0. The van der Waals surface area contributed by atoms with Crippen LogP contribution in [0.4, 0.5) is 5.82 Å². The maximum Gasteiger partial charge on any atom is 0.271 e. The zero-order valence-corrected chi connectivity index (χ0v) is 13.6. The van der Waals surface area contributed by atoms with Gasteiger partial charge in [-0.05, 0) is 38.0 Å². The summed E-state index contributed by atoms with van der Waals surface area (Å²) in [5.41, 5.74) is 1.83. The van der Waals surface area contributed by atoms with Crippen molar-refractivity contribution >= 4 is 11.7 Å². The quantitative estimate of drug-likeness (QED) is 0.759. The molecule has 1 heterocycles. The van der Waals surface area contributed by atoms with Crippen molar-refractivity contribution in [3.63, 3.8) is 0 Å². The van der Waals surface area contributed by atoms with Gasteiger partial charge in [-0.3, -0.25) is 4.79 Å². The summed E-state index contributed by atoms with van der Waals surface area (Å²) in [7, 11) is 0. The Labute approximate surface area is 132 Å². The summed E-state index contributed by atoms with van der Waals surface area (Å²) < 4.78 is 0. The van der Waals surface area contributed by atoms with E-state index in [4.69, 9.17) is 0 Å². The molecule has 0 saturated carbocycles. The number of hydrogen-bond donors (Lipinski definition) is 2. The van der Waals surface area contributed by atoms with Crippen LogP contribution in [-0.2, 0) is 0 Å². The Morgan fingerprint density at radius 3 is 2.77 bits per heavy atom. The molecular weight excluding hydrogens is 276 g/mol. The van der Waals surface area contributed by atoms with Crippen LogP contribution in [-0.4, -0.2) is 29.0 Å². The van der Waals surface area contributed by atoms with E-state index < -0.39 is 0 Å². The molecule has 0 unspecified atom stereocenters. The van der Waals surface area contributed by atoms with Gasteiger partial charge in [-0.1, -0.05) is 25.5 Å². The van der Waals surface area contributed by atoms with E-state index in [-0.39, 0.29) is 5.91 Å². The Morgan fingerprint density at radius 1 is 1.27 bits per heavy atom. The van der Waals surface area contributed by atoms with Crippen molar-refractivity contribution in [3.8, 4) is 0 Å². The number of nitrogens with zero attached hydrogens (tertiary/aromatic N) is 2. The number of carbonyl (C=O) groups excluding carboxylic acids is 1. The molecule has 0 saturated heterocycles.